The van der Waals surface area contributed by atoms with Crippen LogP contribution in [0.4, 0.5) is 5.69 Å². The first kappa shape index (κ1) is 20.0. The molecular weight excluding hydrogens is 396 g/mol. The molecular formula is C24H20N2O5. The fourth-order valence-corrected chi connectivity index (χ4v) is 3.07. The molecule has 0 unspecified atom stereocenters. The normalized spacial score (nSPS) is 12.2. The quantitative estimate of drug-likeness (QED) is 0.597. The van der Waals surface area contributed by atoms with Crippen LogP contribution in [0.5, 0.6) is 17.2 Å². The summed E-state index contributed by atoms with van der Waals surface area (Å²) in [6.45, 7) is 0.147. The number of fused-ring (bicyclic) bond motifs is 1. The van der Waals surface area contributed by atoms with Crippen molar-refractivity contribution in [1.82, 2.24) is 5.32 Å². The molecule has 1 heterocycles. The van der Waals surface area contributed by atoms with Crippen molar-refractivity contribution in [3.63, 3.8) is 0 Å². The van der Waals surface area contributed by atoms with Gasteiger partial charge in [-0.1, -0.05) is 36.4 Å². The monoisotopic (exact) mass is 416 g/mol. The Morgan fingerprint density at radius 3 is 2.48 bits per heavy atom. The van der Waals surface area contributed by atoms with Crippen LogP contribution in [0.15, 0.2) is 78.5 Å². The first-order chi connectivity index (χ1) is 15.1. The van der Waals surface area contributed by atoms with Gasteiger partial charge in [-0.3, -0.25) is 9.59 Å². The predicted octanol–water partition coefficient (Wildman–Crippen LogP) is 3.83. The van der Waals surface area contributed by atoms with Crippen molar-refractivity contribution in [1.29, 1.82) is 0 Å². The van der Waals surface area contributed by atoms with Crippen LogP contribution in [0.1, 0.15) is 15.9 Å². The zero-order valence-corrected chi connectivity index (χ0v) is 16.8. The minimum Gasteiger partial charge on any atom is -0.496 e. The lowest BCUT2D eigenvalue weighted by Gasteiger charge is -2.13. The lowest BCUT2D eigenvalue weighted by molar-refractivity contribution is -0.113. The van der Waals surface area contributed by atoms with E-state index in [9.17, 15) is 9.59 Å². The van der Waals surface area contributed by atoms with E-state index in [1.165, 1.54) is 7.11 Å². The molecule has 0 aromatic heterocycles. The van der Waals surface area contributed by atoms with Crippen LogP contribution in [-0.2, 0) is 4.79 Å². The number of ether oxygens (including phenoxy) is 3. The molecule has 3 aromatic rings. The van der Waals surface area contributed by atoms with Crippen molar-refractivity contribution in [3.05, 3.63) is 89.6 Å². The van der Waals surface area contributed by atoms with Crippen LogP contribution < -0.4 is 24.8 Å². The SMILES string of the molecule is COc1ccccc1C(=O)N/C(=C\c1ccc2c(c1)OCO2)C(=O)Nc1ccccc1. The molecule has 31 heavy (non-hydrogen) atoms. The second-order valence-electron chi connectivity index (χ2n) is 6.65. The zero-order valence-electron chi connectivity index (χ0n) is 16.8. The van der Waals surface area contributed by atoms with Gasteiger partial charge >= 0.3 is 0 Å². The van der Waals surface area contributed by atoms with Crippen molar-refractivity contribution in [2.45, 2.75) is 0 Å². The minimum absolute atomic E-state index is 0.0682. The Labute approximate surface area is 179 Å². The number of rotatable bonds is 6. The van der Waals surface area contributed by atoms with Crippen LogP contribution in [0, 0.1) is 0 Å². The summed E-state index contributed by atoms with van der Waals surface area (Å²) in [7, 11) is 1.48. The molecule has 2 N–H and O–H groups in total. The molecule has 2 amide bonds. The maximum Gasteiger partial charge on any atom is 0.272 e. The molecule has 1 aliphatic rings. The van der Waals surface area contributed by atoms with E-state index in [0.29, 0.717) is 34.1 Å². The summed E-state index contributed by atoms with van der Waals surface area (Å²) >= 11 is 0. The number of para-hydroxylation sites is 2. The van der Waals surface area contributed by atoms with Crippen LogP contribution >= 0.6 is 0 Å². The summed E-state index contributed by atoms with van der Waals surface area (Å²) in [5.41, 5.74) is 1.66. The number of methoxy groups -OCH3 is 1. The van der Waals surface area contributed by atoms with E-state index < -0.39 is 11.8 Å². The summed E-state index contributed by atoms with van der Waals surface area (Å²) in [5.74, 6) is 0.684. The molecule has 156 valence electrons. The van der Waals surface area contributed by atoms with Gasteiger partial charge in [-0.05, 0) is 48.0 Å². The third-order valence-electron chi connectivity index (χ3n) is 4.58. The molecule has 0 spiro atoms. The standard InChI is InChI=1S/C24H20N2O5/c1-29-20-10-6-5-9-18(20)23(27)26-19(24(28)25-17-7-3-2-4-8-17)13-16-11-12-21-22(14-16)31-15-30-21/h2-14H,15H2,1H3,(H,25,28)(H,26,27)/b19-13-. The van der Waals surface area contributed by atoms with Gasteiger partial charge in [0.05, 0.1) is 12.7 Å². The molecule has 4 rings (SSSR count). The van der Waals surface area contributed by atoms with E-state index in [0.717, 1.165) is 0 Å². The summed E-state index contributed by atoms with van der Waals surface area (Å²) in [6, 6.07) is 21.1. The highest BCUT2D eigenvalue weighted by Crippen LogP contribution is 2.33. The molecule has 0 bridgehead atoms. The molecule has 0 radical (unpaired) electrons. The molecule has 7 nitrogen and oxygen atoms in total. The van der Waals surface area contributed by atoms with Crippen LogP contribution in [0.25, 0.3) is 6.08 Å². The molecule has 3 aromatic carbocycles. The van der Waals surface area contributed by atoms with E-state index in [1.807, 2.05) is 18.2 Å². The first-order valence-corrected chi connectivity index (χ1v) is 9.56. The Kier molecular flexibility index (Phi) is 5.84. The van der Waals surface area contributed by atoms with E-state index in [4.69, 9.17) is 14.2 Å². The van der Waals surface area contributed by atoms with Crippen LogP contribution in [-0.4, -0.2) is 25.7 Å². The van der Waals surface area contributed by atoms with Gasteiger partial charge < -0.3 is 24.8 Å². The van der Waals surface area contributed by atoms with Crippen molar-refractivity contribution in [2.75, 3.05) is 19.2 Å². The molecule has 7 heteroatoms. The third-order valence-corrected chi connectivity index (χ3v) is 4.58. The van der Waals surface area contributed by atoms with Crippen molar-refractivity contribution in [2.24, 2.45) is 0 Å². The number of benzene rings is 3. The Morgan fingerprint density at radius 2 is 1.68 bits per heavy atom. The van der Waals surface area contributed by atoms with Crippen molar-refractivity contribution in [3.8, 4) is 17.2 Å². The van der Waals surface area contributed by atoms with Crippen molar-refractivity contribution >= 4 is 23.6 Å². The van der Waals surface area contributed by atoms with Gasteiger partial charge in [0.25, 0.3) is 11.8 Å². The van der Waals surface area contributed by atoms with Gasteiger partial charge in [0.15, 0.2) is 11.5 Å². The minimum atomic E-state index is -0.466. The maximum absolute atomic E-state index is 13.0. The largest absolute Gasteiger partial charge is 0.496 e. The summed E-state index contributed by atoms with van der Waals surface area (Å²) in [5, 5.41) is 5.49. The van der Waals surface area contributed by atoms with E-state index >= 15 is 0 Å². The van der Waals surface area contributed by atoms with E-state index in [1.54, 1.807) is 60.7 Å². The second kappa shape index (κ2) is 9.04. The second-order valence-corrected chi connectivity index (χ2v) is 6.65. The fourth-order valence-electron chi connectivity index (χ4n) is 3.07. The first-order valence-electron chi connectivity index (χ1n) is 9.56. The number of hydrogen-bond donors (Lipinski definition) is 2. The topological polar surface area (TPSA) is 85.9 Å². The van der Waals surface area contributed by atoms with E-state index in [2.05, 4.69) is 10.6 Å². The molecule has 0 saturated heterocycles. The van der Waals surface area contributed by atoms with Gasteiger partial charge in [0, 0.05) is 5.69 Å². The van der Waals surface area contributed by atoms with E-state index in [-0.39, 0.29) is 12.5 Å². The lowest BCUT2D eigenvalue weighted by atomic mass is 10.1. The highest BCUT2D eigenvalue weighted by atomic mass is 16.7. The lowest BCUT2D eigenvalue weighted by Crippen LogP contribution is -2.31. The predicted molar refractivity (Wildman–Crippen MR) is 116 cm³/mol. The van der Waals surface area contributed by atoms with Crippen LogP contribution in [0.3, 0.4) is 0 Å². The summed E-state index contributed by atoms with van der Waals surface area (Å²) in [4.78, 5) is 25.9. The van der Waals surface area contributed by atoms with Gasteiger partial charge in [-0.2, -0.15) is 0 Å². The Bertz CT molecular complexity index is 1140. The number of carbonyl (C=O) groups is 2. The van der Waals surface area contributed by atoms with Gasteiger partial charge in [-0.25, -0.2) is 0 Å². The van der Waals surface area contributed by atoms with Crippen molar-refractivity contribution < 1.29 is 23.8 Å². The smallest absolute Gasteiger partial charge is 0.272 e. The highest BCUT2D eigenvalue weighted by Gasteiger charge is 2.19. The number of nitrogens with one attached hydrogen (secondary N) is 2. The van der Waals surface area contributed by atoms with Crippen LogP contribution in [0.2, 0.25) is 0 Å². The molecule has 1 aliphatic heterocycles. The maximum atomic E-state index is 13.0. The molecule has 0 saturated carbocycles. The summed E-state index contributed by atoms with van der Waals surface area (Å²) < 4.78 is 16.0. The third kappa shape index (κ3) is 4.67. The van der Waals surface area contributed by atoms with Gasteiger partial charge in [-0.15, -0.1) is 0 Å². The molecule has 0 fully saturated rings. The highest BCUT2D eigenvalue weighted by molar-refractivity contribution is 6.11. The number of carbonyl (C=O) groups excluding carboxylic acids is 2. The fraction of sp³-hybridized carbons (Fsp3) is 0.0833. The number of hydrogen-bond acceptors (Lipinski definition) is 5. The number of amides is 2. The van der Waals surface area contributed by atoms with Gasteiger partial charge in [0.2, 0.25) is 6.79 Å². The number of anilines is 1. The Hall–Kier alpha value is -4.26. The van der Waals surface area contributed by atoms with Gasteiger partial charge in [0.1, 0.15) is 11.4 Å². The average molecular weight is 416 g/mol. The Balaban J connectivity index is 1.65. The summed E-state index contributed by atoms with van der Waals surface area (Å²) in [6.07, 6.45) is 1.58. The average Bonchev–Trinajstić information content (AvgIpc) is 3.27. The zero-order chi connectivity index (χ0) is 21.6. The molecule has 0 aliphatic carbocycles. The Morgan fingerprint density at radius 1 is 0.935 bits per heavy atom. The molecule has 0 atom stereocenters.